The SMILES string of the molecule is CNCCCN(C)C(=O)C1CCC(N)C(C)C1(C)C. The van der Waals surface area contributed by atoms with Gasteiger partial charge in [0.1, 0.15) is 0 Å². The fourth-order valence-corrected chi connectivity index (χ4v) is 3.16. The van der Waals surface area contributed by atoms with Gasteiger partial charge in [-0.2, -0.15) is 0 Å². The van der Waals surface area contributed by atoms with Crippen LogP contribution in [0.25, 0.3) is 0 Å². The summed E-state index contributed by atoms with van der Waals surface area (Å²) >= 11 is 0. The van der Waals surface area contributed by atoms with Crippen LogP contribution < -0.4 is 11.1 Å². The second kappa shape index (κ2) is 6.71. The molecule has 0 aromatic rings. The summed E-state index contributed by atoms with van der Waals surface area (Å²) < 4.78 is 0. The molecule has 19 heavy (non-hydrogen) atoms. The van der Waals surface area contributed by atoms with Crippen molar-refractivity contribution in [3.05, 3.63) is 0 Å². The highest BCUT2D eigenvalue weighted by molar-refractivity contribution is 5.79. The van der Waals surface area contributed by atoms with E-state index in [2.05, 4.69) is 26.1 Å². The van der Waals surface area contributed by atoms with Crippen molar-refractivity contribution in [2.75, 3.05) is 27.2 Å². The molecule has 1 aliphatic rings. The summed E-state index contributed by atoms with van der Waals surface area (Å²) in [5.74, 6) is 0.794. The van der Waals surface area contributed by atoms with Crippen LogP contribution in [0.4, 0.5) is 0 Å². The number of nitrogens with two attached hydrogens (primary N) is 1. The first kappa shape index (κ1) is 16.4. The molecule has 3 unspecified atom stereocenters. The largest absolute Gasteiger partial charge is 0.345 e. The Hall–Kier alpha value is -0.610. The Morgan fingerprint density at radius 1 is 1.42 bits per heavy atom. The monoisotopic (exact) mass is 269 g/mol. The zero-order valence-electron chi connectivity index (χ0n) is 13.2. The molecule has 0 bridgehead atoms. The van der Waals surface area contributed by atoms with E-state index in [-0.39, 0.29) is 17.4 Å². The number of nitrogens with one attached hydrogen (secondary N) is 1. The predicted octanol–water partition coefficient (Wildman–Crippen LogP) is 1.45. The van der Waals surface area contributed by atoms with Crippen molar-refractivity contribution in [3.8, 4) is 0 Å². The molecule has 4 nitrogen and oxygen atoms in total. The highest BCUT2D eigenvalue weighted by Crippen LogP contribution is 2.44. The molecule has 0 aromatic heterocycles. The van der Waals surface area contributed by atoms with E-state index in [1.54, 1.807) is 0 Å². The van der Waals surface area contributed by atoms with E-state index in [1.807, 2.05) is 19.0 Å². The summed E-state index contributed by atoms with van der Waals surface area (Å²) in [6.45, 7) is 8.35. The van der Waals surface area contributed by atoms with Crippen molar-refractivity contribution < 1.29 is 4.79 Å². The Morgan fingerprint density at radius 2 is 2.05 bits per heavy atom. The lowest BCUT2D eigenvalue weighted by atomic mass is 9.61. The number of carbonyl (C=O) groups is 1. The molecule has 3 N–H and O–H groups in total. The minimum Gasteiger partial charge on any atom is -0.345 e. The Labute approximate surface area is 118 Å². The first-order chi connectivity index (χ1) is 8.82. The quantitative estimate of drug-likeness (QED) is 0.743. The maximum absolute atomic E-state index is 12.6. The summed E-state index contributed by atoms with van der Waals surface area (Å²) in [7, 11) is 3.86. The van der Waals surface area contributed by atoms with Crippen molar-refractivity contribution in [1.82, 2.24) is 10.2 Å². The average Bonchev–Trinajstić information content (AvgIpc) is 2.35. The third-order valence-corrected chi connectivity index (χ3v) is 5.10. The first-order valence-corrected chi connectivity index (χ1v) is 7.47. The van der Waals surface area contributed by atoms with Crippen LogP contribution in [0.3, 0.4) is 0 Å². The molecule has 1 aliphatic carbocycles. The van der Waals surface area contributed by atoms with Gasteiger partial charge in [-0.15, -0.1) is 0 Å². The zero-order valence-corrected chi connectivity index (χ0v) is 13.2. The van der Waals surface area contributed by atoms with Crippen molar-refractivity contribution in [2.45, 2.75) is 46.1 Å². The van der Waals surface area contributed by atoms with Gasteiger partial charge < -0.3 is 16.0 Å². The minimum atomic E-state index is -0.00792. The second-order valence-electron chi connectivity index (χ2n) is 6.62. The molecule has 0 aliphatic heterocycles. The van der Waals surface area contributed by atoms with Crippen molar-refractivity contribution in [2.24, 2.45) is 23.0 Å². The van der Waals surface area contributed by atoms with Crippen LogP contribution in [-0.4, -0.2) is 44.0 Å². The van der Waals surface area contributed by atoms with Gasteiger partial charge in [0.05, 0.1) is 0 Å². The lowest BCUT2D eigenvalue weighted by Crippen LogP contribution is -2.52. The molecule has 0 saturated heterocycles. The van der Waals surface area contributed by atoms with E-state index in [9.17, 15) is 4.79 Å². The van der Waals surface area contributed by atoms with E-state index < -0.39 is 0 Å². The van der Waals surface area contributed by atoms with E-state index in [0.29, 0.717) is 11.8 Å². The van der Waals surface area contributed by atoms with E-state index in [4.69, 9.17) is 5.73 Å². The highest BCUT2D eigenvalue weighted by Gasteiger charge is 2.45. The standard InChI is InChI=1S/C15H31N3O/c1-11-13(16)8-7-12(15(11,2)3)14(19)18(5)10-6-9-17-4/h11-13,17H,6-10,16H2,1-5H3. The van der Waals surface area contributed by atoms with Gasteiger partial charge in [-0.25, -0.2) is 0 Å². The molecule has 0 heterocycles. The van der Waals surface area contributed by atoms with Crippen molar-refractivity contribution in [3.63, 3.8) is 0 Å². The number of nitrogens with zero attached hydrogens (tertiary/aromatic N) is 1. The van der Waals surface area contributed by atoms with Crippen LogP contribution in [0.15, 0.2) is 0 Å². The first-order valence-electron chi connectivity index (χ1n) is 7.47. The lowest BCUT2D eigenvalue weighted by molar-refractivity contribution is -0.142. The highest BCUT2D eigenvalue weighted by atomic mass is 16.2. The Morgan fingerprint density at radius 3 is 2.63 bits per heavy atom. The Kier molecular flexibility index (Phi) is 5.81. The van der Waals surface area contributed by atoms with Gasteiger partial charge in [0, 0.05) is 25.6 Å². The fraction of sp³-hybridized carbons (Fsp3) is 0.933. The smallest absolute Gasteiger partial charge is 0.225 e. The van der Waals surface area contributed by atoms with Crippen LogP contribution in [0, 0.1) is 17.3 Å². The fourth-order valence-electron chi connectivity index (χ4n) is 3.16. The Bertz CT molecular complexity index is 304. The van der Waals surface area contributed by atoms with Gasteiger partial charge in [-0.3, -0.25) is 4.79 Å². The molecule has 1 saturated carbocycles. The summed E-state index contributed by atoms with van der Waals surface area (Å²) in [6, 6.07) is 0.230. The molecule has 1 rings (SSSR count). The molecule has 0 radical (unpaired) electrons. The molecule has 4 heteroatoms. The van der Waals surface area contributed by atoms with Crippen LogP contribution in [0.2, 0.25) is 0 Å². The van der Waals surface area contributed by atoms with Crippen LogP contribution in [-0.2, 0) is 4.79 Å². The van der Waals surface area contributed by atoms with Crippen LogP contribution in [0.1, 0.15) is 40.0 Å². The van der Waals surface area contributed by atoms with Gasteiger partial charge in [0.25, 0.3) is 0 Å². The van der Waals surface area contributed by atoms with Gasteiger partial charge in [-0.05, 0) is 44.2 Å². The second-order valence-corrected chi connectivity index (χ2v) is 6.62. The lowest BCUT2D eigenvalue weighted by Gasteiger charge is -2.47. The average molecular weight is 269 g/mol. The van der Waals surface area contributed by atoms with Crippen molar-refractivity contribution >= 4 is 5.91 Å². The maximum Gasteiger partial charge on any atom is 0.225 e. The number of amides is 1. The van der Waals surface area contributed by atoms with Crippen molar-refractivity contribution in [1.29, 1.82) is 0 Å². The summed E-state index contributed by atoms with van der Waals surface area (Å²) in [5, 5.41) is 3.12. The third-order valence-electron chi connectivity index (χ3n) is 5.10. The minimum absolute atomic E-state index is 0.00792. The van der Waals surface area contributed by atoms with Gasteiger partial charge in [-0.1, -0.05) is 20.8 Å². The number of carbonyl (C=O) groups excluding carboxylic acids is 1. The molecule has 1 amide bonds. The molecular formula is C15H31N3O. The summed E-state index contributed by atoms with van der Waals surface area (Å²) in [6.07, 6.45) is 2.89. The van der Waals surface area contributed by atoms with E-state index in [0.717, 1.165) is 32.4 Å². The molecule has 0 aromatic carbocycles. The predicted molar refractivity (Wildman–Crippen MR) is 79.8 cm³/mol. The molecule has 3 atom stereocenters. The van der Waals surface area contributed by atoms with Crippen LogP contribution >= 0.6 is 0 Å². The summed E-state index contributed by atoms with van der Waals surface area (Å²) in [4.78, 5) is 14.5. The third kappa shape index (κ3) is 3.69. The van der Waals surface area contributed by atoms with E-state index >= 15 is 0 Å². The topological polar surface area (TPSA) is 58.4 Å². The van der Waals surface area contributed by atoms with Gasteiger partial charge >= 0.3 is 0 Å². The molecule has 112 valence electrons. The van der Waals surface area contributed by atoms with E-state index in [1.165, 1.54) is 0 Å². The molecule has 1 fully saturated rings. The van der Waals surface area contributed by atoms with Gasteiger partial charge in [0.2, 0.25) is 5.91 Å². The molecule has 0 spiro atoms. The zero-order chi connectivity index (χ0) is 14.6. The number of hydrogen-bond acceptors (Lipinski definition) is 3. The number of hydrogen-bond donors (Lipinski definition) is 2. The van der Waals surface area contributed by atoms with Gasteiger partial charge in [0.15, 0.2) is 0 Å². The maximum atomic E-state index is 12.6. The normalized spacial score (nSPS) is 30.1. The number of rotatable bonds is 5. The van der Waals surface area contributed by atoms with Crippen LogP contribution in [0.5, 0.6) is 0 Å². The summed E-state index contributed by atoms with van der Waals surface area (Å²) in [5.41, 5.74) is 6.15. The Balaban J connectivity index is 2.65. The molecular weight excluding hydrogens is 238 g/mol.